The van der Waals surface area contributed by atoms with E-state index in [2.05, 4.69) is 31.5 Å². The Labute approximate surface area is 188 Å². The lowest BCUT2D eigenvalue weighted by Gasteiger charge is -2.35. The lowest BCUT2D eigenvalue weighted by atomic mass is 9.87. The average Bonchev–Trinajstić information content (AvgIpc) is 3.51. The third-order valence-corrected chi connectivity index (χ3v) is 5.96. The van der Waals surface area contributed by atoms with E-state index in [4.69, 9.17) is 4.74 Å². The number of amides is 2. The van der Waals surface area contributed by atoms with Crippen molar-refractivity contribution in [3.8, 4) is 5.75 Å². The predicted molar refractivity (Wildman–Crippen MR) is 113 cm³/mol. The van der Waals surface area contributed by atoms with Crippen molar-refractivity contribution in [2.45, 2.75) is 71.7 Å². The minimum atomic E-state index is -4.55. The molecule has 31 heavy (non-hydrogen) atoms. The topological polar surface area (TPSA) is 80.3 Å². The van der Waals surface area contributed by atoms with Gasteiger partial charge in [0.05, 0.1) is 10.0 Å². The number of carbonyl (C=O) groups is 2. The number of carbonyl (C=O) groups excluding carboxylic acids is 2. The number of hydrogen-bond acceptors (Lipinski definition) is 4. The molecule has 0 radical (unpaired) electrons. The predicted octanol–water partition coefficient (Wildman–Crippen LogP) is 4.89. The number of pyridine rings is 1. The van der Waals surface area contributed by atoms with Gasteiger partial charge in [0.25, 0.3) is 5.91 Å². The maximum Gasteiger partial charge on any atom is 0.425 e. The Kier molecular flexibility index (Phi) is 7.78. The van der Waals surface area contributed by atoms with Crippen LogP contribution in [0.15, 0.2) is 28.0 Å². The molecule has 1 unspecified atom stereocenters. The van der Waals surface area contributed by atoms with Gasteiger partial charge in [-0.15, -0.1) is 0 Å². The van der Waals surface area contributed by atoms with Crippen LogP contribution < -0.4 is 15.4 Å². The summed E-state index contributed by atoms with van der Waals surface area (Å²) in [4.78, 5) is 28.9. The van der Waals surface area contributed by atoms with Crippen LogP contribution in [0.1, 0.15) is 64.4 Å². The quantitative estimate of drug-likeness (QED) is 0.526. The first-order valence-electron chi connectivity index (χ1n) is 9.98. The largest absolute Gasteiger partial charge is 0.480 e. The van der Waals surface area contributed by atoms with Gasteiger partial charge in [0.15, 0.2) is 6.10 Å². The van der Waals surface area contributed by atoms with E-state index >= 15 is 0 Å². The molecular weight excluding hydrogens is 479 g/mol. The summed E-state index contributed by atoms with van der Waals surface area (Å²) in [5.74, 6) is -0.836. The van der Waals surface area contributed by atoms with Crippen molar-refractivity contribution < 1.29 is 27.5 Å². The molecule has 2 N–H and O–H groups in total. The molecule has 10 heteroatoms. The van der Waals surface area contributed by atoms with Gasteiger partial charge in [-0.05, 0) is 61.9 Å². The number of alkyl halides is 3. The number of ether oxygens (including phenoxy) is 1. The van der Waals surface area contributed by atoms with Gasteiger partial charge in [0.1, 0.15) is 11.4 Å². The maximum absolute atomic E-state index is 13.0. The summed E-state index contributed by atoms with van der Waals surface area (Å²) in [5, 5.41) is 5.82. The number of halogens is 4. The second-order valence-corrected chi connectivity index (χ2v) is 8.78. The van der Waals surface area contributed by atoms with E-state index in [1.165, 1.54) is 19.2 Å². The van der Waals surface area contributed by atoms with Gasteiger partial charge in [-0.1, -0.05) is 12.5 Å². The molecule has 2 rings (SSSR count). The summed E-state index contributed by atoms with van der Waals surface area (Å²) in [6.07, 6.45) is -2.95. The Bertz CT molecular complexity index is 884. The summed E-state index contributed by atoms with van der Waals surface area (Å²) >= 11 is 3.11. The zero-order valence-electron chi connectivity index (χ0n) is 18.1. The summed E-state index contributed by atoms with van der Waals surface area (Å²) in [5.41, 5.74) is 0.628. The van der Waals surface area contributed by atoms with Crippen molar-refractivity contribution >= 4 is 27.7 Å². The molecule has 0 bridgehead atoms. The van der Waals surface area contributed by atoms with Crippen molar-refractivity contribution in [2.75, 3.05) is 0 Å². The minimum absolute atomic E-state index is 0.0872. The lowest BCUT2D eigenvalue weighted by molar-refractivity contribution is -0.189. The average molecular weight is 506 g/mol. The number of nitrogens with zero attached hydrogens (tertiary/aromatic N) is 1. The highest BCUT2D eigenvalue weighted by Gasteiger charge is 2.46. The van der Waals surface area contributed by atoms with Crippen molar-refractivity contribution in [2.24, 2.45) is 5.92 Å². The number of allylic oxidation sites excluding steroid dienone is 1. The molecule has 2 amide bonds. The minimum Gasteiger partial charge on any atom is -0.480 e. The zero-order chi connectivity index (χ0) is 23.6. The normalized spacial score (nSPS) is 17.8. The van der Waals surface area contributed by atoms with Gasteiger partial charge >= 0.3 is 6.18 Å². The standard InChI is InChI=1S/C21H27BrF3N3O3/c1-6-11(2)18(27-13(4)29)20(5,14-7-8-14)28-19(30)16-9-17(15(22)10-26-16)31-12(3)21(23,24)25/h9-10,12,14H,6-8H2,1-5H3,(H,27,29)(H,28,30)/b18-11+/t12-,20?/m0/s1. The first kappa shape index (κ1) is 25.2. The molecule has 1 aromatic rings. The number of nitrogens with one attached hydrogen (secondary N) is 2. The molecular formula is C21H27BrF3N3O3. The van der Waals surface area contributed by atoms with Crippen LogP contribution in [0.25, 0.3) is 0 Å². The Morgan fingerprint density at radius 1 is 1.32 bits per heavy atom. The van der Waals surface area contributed by atoms with Crippen LogP contribution in [0.4, 0.5) is 13.2 Å². The fourth-order valence-corrected chi connectivity index (χ4v) is 3.56. The SMILES string of the molecule is CC/C(C)=C(/NC(C)=O)C(C)(NC(=O)c1cc(O[C@@H](C)C(F)(F)F)c(Br)cn1)C1CC1. The highest BCUT2D eigenvalue weighted by Crippen LogP contribution is 2.44. The third-order valence-electron chi connectivity index (χ3n) is 5.36. The molecule has 0 saturated heterocycles. The van der Waals surface area contributed by atoms with E-state index < -0.39 is 23.7 Å². The number of rotatable bonds is 8. The molecule has 0 spiro atoms. The molecule has 1 aliphatic rings. The number of aromatic nitrogens is 1. The highest BCUT2D eigenvalue weighted by molar-refractivity contribution is 9.10. The van der Waals surface area contributed by atoms with Gasteiger partial charge in [-0.2, -0.15) is 13.2 Å². The lowest BCUT2D eigenvalue weighted by Crippen LogP contribution is -2.54. The van der Waals surface area contributed by atoms with Crippen molar-refractivity contribution in [3.05, 3.63) is 33.7 Å². The van der Waals surface area contributed by atoms with Crippen LogP contribution >= 0.6 is 15.9 Å². The van der Waals surface area contributed by atoms with E-state index in [1.807, 2.05) is 20.8 Å². The molecule has 1 saturated carbocycles. The molecule has 0 aromatic carbocycles. The van der Waals surface area contributed by atoms with Gasteiger partial charge in [-0.3, -0.25) is 9.59 Å². The second kappa shape index (κ2) is 9.58. The van der Waals surface area contributed by atoms with Gasteiger partial charge in [-0.25, -0.2) is 4.98 Å². The molecule has 1 aliphatic carbocycles. The Morgan fingerprint density at radius 3 is 2.42 bits per heavy atom. The molecule has 0 aliphatic heterocycles. The van der Waals surface area contributed by atoms with E-state index in [1.54, 1.807) is 0 Å². The first-order chi connectivity index (χ1) is 14.3. The fourth-order valence-electron chi connectivity index (χ4n) is 3.25. The van der Waals surface area contributed by atoms with Gasteiger partial charge in [0.2, 0.25) is 5.91 Å². The Hall–Kier alpha value is -2.10. The third kappa shape index (κ3) is 6.21. The van der Waals surface area contributed by atoms with Gasteiger partial charge < -0.3 is 15.4 Å². The van der Waals surface area contributed by atoms with E-state index in [9.17, 15) is 22.8 Å². The second-order valence-electron chi connectivity index (χ2n) is 7.92. The van der Waals surface area contributed by atoms with Crippen molar-refractivity contribution in [1.29, 1.82) is 0 Å². The maximum atomic E-state index is 13.0. The molecule has 1 heterocycles. The number of hydrogen-bond donors (Lipinski definition) is 2. The monoisotopic (exact) mass is 505 g/mol. The van der Waals surface area contributed by atoms with Crippen LogP contribution in [0.3, 0.4) is 0 Å². The van der Waals surface area contributed by atoms with Crippen molar-refractivity contribution in [3.63, 3.8) is 0 Å². The summed E-state index contributed by atoms with van der Waals surface area (Å²) in [6, 6.07) is 1.17. The van der Waals surface area contributed by atoms with Crippen LogP contribution in [-0.4, -0.2) is 34.6 Å². The molecule has 172 valence electrons. The van der Waals surface area contributed by atoms with E-state index in [-0.39, 0.29) is 27.7 Å². The summed E-state index contributed by atoms with van der Waals surface area (Å²) in [7, 11) is 0. The summed E-state index contributed by atoms with van der Waals surface area (Å²) in [6.45, 7) is 7.97. The highest BCUT2D eigenvalue weighted by atomic mass is 79.9. The van der Waals surface area contributed by atoms with Gasteiger partial charge in [0, 0.05) is 24.9 Å². The van der Waals surface area contributed by atoms with E-state index in [0.29, 0.717) is 12.1 Å². The Balaban J connectivity index is 2.35. The molecule has 1 fully saturated rings. The zero-order valence-corrected chi connectivity index (χ0v) is 19.7. The molecule has 1 aromatic heterocycles. The molecule has 2 atom stereocenters. The van der Waals surface area contributed by atoms with Crippen LogP contribution in [0.5, 0.6) is 5.75 Å². The van der Waals surface area contributed by atoms with Crippen LogP contribution in [-0.2, 0) is 4.79 Å². The van der Waals surface area contributed by atoms with Crippen LogP contribution in [0, 0.1) is 5.92 Å². The molecule has 6 nitrogen and oxygen atoms in total. The first-order valence-corrected chi connectivity index (χ1v) is 10.8. The Morgan fingerprint density at radius 2 is 1.94 bits per heavy atom. The van der Waals surface area contributed by atoms with Crippen molar-refractivity contribution in [1.82, 2.24) is 15.6 Å². The van der Waals surface area contributed by atoms with E-state index in [0.717, 1.165) is 25.3 Å². The summed E-state index contributed by atoms with van der Waals surface area (Å²) < 4.78 is 43.8. The fraction of sp³-hybridized carbons (Fsp3) is 0.571. The smallest absolute Gasteiger partial charge is 0.425 e. The van der Waals surface area contributed by atoms with Crippen LogP contribution in [0.2, 0.25) is 0 Å².